The number of benzene rings is 1. The number of pyridine rings is 1. The molecule has 0 saturated heterocycles. The first-order chi connectivity index (χ1) is 12.5. The highest BCUT2D eigenvalue weighted by Gasteiger charge is 2.22. The van der Waals surface area contributed by atoms with Crippen molar-refractivity contribution in [3.8, 4) is 0 Å². The van der Waals surface area contributed by atoms with Crippen molar-refractivity contribution >= 4 is 62.8 Å². The molecule has 0 fully saturated rings. The van der Waals surface area contributed by atoms with Gasteiger partial charge >= 0.3 is 6.09 Å². The summed E-state index contributed by atoms with van der Waals surface area (Å²) >= 11 is 17.0. The highest BCUT2D eigenvalue weighted by Crippen LogP contribution is 2.44. The second-order valence-corrected chi connectivity index (χ2v) is 9.73. The summed E-state index contributed by atoms with van der Waals surface area (Å²) < 4.78 is 19.8. The largest absolute Gasteiger partial charge is 0.444 e. The van der Waals surface area contributed by atoms with E-state index < -0.39 is 17.5 Å². The lowest BCUT2D eigenvalue weighted by Crippen LogP contribution is -2.27. The quantitative estimate of drug-likeness (QED) is 0.352. The molecule has 1 N–H and O–H groups in total. The first kappa shape index (κ1) is 22.3. The Balaban J connectivity index is 2.30. The van der Waals surface area contributed by atoms with Crippen molar-refractivity contribution in [2.75, 3.05) is 5.32 Å². The second kappa shape index (κ2) is 8.99. The molecule has 1 aromatic carbocycles. The molecule has 1 aromatic heterocycles. The molecule has 146 valence electrons. The van der Waals surface area contributed by atoms with E-state index in [1.165, 1.54) is 23.9 Å². The summed E-state index contributed by atoms with van der Waals surface area (Å²) in [5.41, 5.74) is -0.158. The Labute approximate surface area is 180 Å². The van der Waals surface area contributed by atoms with Crippen molar-refractivity contribution in [2.45, 2.75) is 43.4 Å². The fourth-order valence-electron chi connectivity index (χ4n) is 2.17. The van der Waals surface area contributed by atoms with E-state index in [0.29, 0.717) is 21.3 Å². The molecule has 1 atom stereocenters. The predicted molar refractivity (Wildman–Crippen MR) is 112 cm³/mol. The number of amides is 1. The summed E-state index contributed by atoms with van der Waals surface area (Å²) in [6.45, 7) is 7.16. The monoisotopic (exact) mass is 494 g/mol. The molecule has 0 aliphatic rings. The maximum absolute atomic E-state index is 13.8. The molecule has 0 aliphatic carbocycles. The summed E-state index contributed by atoms with van der Waals surface area (Å²) in [4.78, 5) is 17.0. The molecule has 1 amide bonds. The van der Waals surface area contributed by atoms with Gasteiger partial charge in [-0.15, -0.1) is 11.8 Å². The van der Waals surface area contributed by atoms with Crippen molar-refractivity contribution in [2.24, 2.45) is 0 Å². The van der Waals surface area contributed by atoms with E-state index in [1.807, 2.05) is 6.92 Å². The van der Waals surface area contributed by atoms with Crippen LogP contribution in [0.25, 0.3) is 0 Å². The van der Waals surface area contributed by atoms with Gasteiger partial charge in [0.05, 0.1) is 9.92 Å². The van der Waals surface area contributed by atoms with E-state index >= 15 is 0 Å². The average Bonchev–Trinajstić information content (AvgIpc) is 2.52. The number of rotatable bonds is 4. The fourth-order valence-corrected chi connectivity index (χ4v) is 4.63. The van der Waals surface area contributed by atoms with Crippen LogP contribution < -0.4 is 5.32 Å². The van der Waals surface area contributed by atoms with Crippen LogP contribution in [0.3, 0.4) is 0 Å². The Bertz CT molecular complexity index is 862. The van der Waals surface area contributed by atoms with Crippen LogP contribution in [-0.2, 0) is 4.74 Å². The maximum Gasteiger partial charge on any atom is 0.413 e. The molecule has 27 heavy (non-hydrogen) atoms. The van der Waals surface area contributed by atoms with Crippen molar-refractivity contribution in [3.05, 3.63) is 50.3 Å². The Morgan fingerprint density at radius 3 is 2.67 bits per heavy atom. The number of hydrogen-bond acceptors (Lipinski definition) is 4. The Hall–Kier alpha value is -1.02. The van der Waals surface area contributed by atoms with Crippen LogP contribution in [-0.4, -0.2) is 16.7 Å². The third kappa shape index (κ3) is 6.24. The molecule has 0 radical (unpaired) electrons. The SMILES string of the molecule is CC(Sc1cc(Br)cnc1NC(=O)OC(C)(C)C)c1c(Cl)ccc(F)c1Cl. The van der Waals surface area contributed by atoms with Gasteiger partial charge in [-0.3, -0.25) is 5.32 Å². The maximum atomic E-state index is 13.8. The lowest BCUT2D eigenvalue weighted by atomic mass is 10.1. The number of thioether (sulfide) groups is 1. The minimum absolute atomic E-state index is 0.0212. The summed E-state index contributed by atoms with van der Waals surface area (Å²) in [7, 11) is 0. The summed E-state index contributed by atoms with van der Waals surface area (Å²) in [5.74, 6) is -0.212. The minimum Gasteiger partial charge on any atom is -0.444 e. The van der Waals surface area contributed by atoms with Gasteiger partial charge < -0.3 is 4.74 Å². The minimum atomic E-state index is -0.636. The van der Waals surface area contributed by atoms with Crippen LogP contribution in [0.1, 0.15) is 38.5 Å². The van der Waals surface area contributed by atoms with Gasteiger partial charge in [0.15, 0.2) is 0 Å². The molecular weight excluding hydrogens is 478 g/mol. The number of halogens is 4. The van der Waals surface area contributed by atoms with Crippen molar-refractivity contribution < 1.29 is 13.9 Å². The summed E-state index contributed by atoms with van der Waals surface area (Å²) in [6, 6.07) is 4.48. The van der Waals surface area contributed by atoms with Gasteiger partial charge in [0, 0.05) is 26.5 Å². The van der Waals surface area contributed by atoms with Crippen LogP contribution in [0.2, 0.25) is 10.0 Å². The van der Waals surface area contributed by atoms with Gasteiger partial charge in [0.1, 0.15) is 17.2 Å². The number of nitrogens with zero attached hydrogens (tertiary/aromatic N) is 1. The van der Waals surface area contributed by atoms with Crippen molar-refractivity contribution in [1.29, 1.82) is 0 Å². The second-order valence-electron chi connectivity index (χ2n) is 6.64. The molecule has 2 aromatic rings. The molecule has 2 rings (SSSR count). The number of hydrogen-bond donors (Lipinski definition) is 1. The zero-order chi connectivity index (χ0) is 20.4. The predicted octanol–water partition coefficient (Wildman–Crippen LogP) is 7.49. The van der Waals surface area contributed by atoms with Crippen molar-refractivity contribution in [3.63, 3.8) is 0 Å². The lowest BCUT2D eigenvalue weighted by molar-refractivity contribution is 0.0635. The van der Waals surface area contributed by atoms with E-state index in [0.717, 1.165) is 4.47 Å². The zero-order valence-electron chi connectivity index (χ0n) is 15.1. The Kier molecular flexibility index (Phi) is 7.41. The highest BCUT2D eigenvalue weighted by atomic mass is 79.9. The van der Waals surface area contributed by atoms with E-state index in [-0.39, 0.29) is 10.3 Å². The van der Waals surface area contributed by atoms with Crippen LogP contribution in [0.5, 0.6) is 0 Å². The van der Waals surface area contributed by atoms with Crippen LogP contribution in [0.15, 0.2) is 33.8 Å². The molecule has 1 heterocycles. The third-order valence-corrected chi connectivity index (χ3v) is 5.53. The number of anilines is 1. The van der Waals surface area contributed by atoms with E-state index in [1.54, 1.807) is 33.0 Å². The molecule has 9 heteroatoms. The average molecular weight is 496 g/mol. The Morgan fingerprint density at radius 2 is 2.04 bits per heavy atom. The number of carbonyl (C=O) groups excluding carboxylic acids is 1. The molecular formula is C18H18BrCl2FN2O2S. The number of nitrogens with one attached hydrogen (secondary N) is 1. The van der Waals surface area contributed by atoms with Gasteiger partial charge in [-0.1, -0.05) is 23.2 Å². The van der Waals surface area contributed by atoms with E-state index in [2.05, 4.69) is 26.2 Å². The molecule has 0 saturated carbocycles. The Morgan fingerprint density at radius 1 is 1.37 bits per heavy atom. The van der Waals surface area contributed by atoms with Gasteiger partial charge in [-0.2, -0.15) is 0 Å². The molecule has 4 nitrogen and oxygen atoms in total. The first-order valence-corrected chi connectivity index (χ1v) is 10.4. The van der Waals surface area contributed by atoms with Crippen LogP contribution in [0.4, 0.5) is 15.0 Å². The normalized spacial score (nSPS) is 12.6. The lowest BCUT2D eigenvalue weighted by Gasteiger charge is -2.21. The van der Waals surface area contributed by atoms with Gasteiger partial charge in [0.2, 0.25) is 0 Å². The topological polar surface area (TPSA) is 51.2 Å². The number of aromatic nitrogens is 1. The summed E-state index contributed by atoms with van der Waals surface area (Å²) in [6.07, 6.45) is 0.942. The standard InChI is InChI=1S/C18H18BrCl2FN2O2S/c1-9(14-11(20)5-6-12(22)15(14)21)27-13-7-10(19)8-23-16(13)24-17(25)26-18(2,3)4/h5-9H,1-4H3,(H,23,24,25). The fraction of sp³-hybridized carbons (Fsp3) is 0.333. The van der Waals surface area contributed by atoms with E-state index in [9.17, 15) is 9.18 Å². The number of carbonyl (C=O) groups is 1. The first-order valence-electron chi connectivity index (χ1n) is 7.93. The van der Waals surface area contributed by atoms with Crippen LogP contribution >= 0.6 is 50.9 Å². The van der Waals surface area contributed by atoms with E-state index in [4.69, 9.17) is 27.9 Å². The smallest absolute Gasteiger partial charge is 0.413 e. The molecule has 0 aliphatic heterocycles. The van der Waals surface area contributed by atoms with Gasteiger partial charge in [-0.25, -0.2) is 14.2 Å². The zero-order valence-corrected chi connectivity index (χ0v) is 19.0. The van der Waals surface area contributed by atoms with Crippen LogP contribution in [0, 0.1) is 5.82 Å². The van der Waals surface area contributed by atoms with Gasteiger partial charge in [-0.05, 0) is 61.8 Å². The highest BCUT2D eigenvalue weighted by molar-refractivity contribution is 9.10. The van der Waals surface area contributed by atoms with Crippen molar-refractivity contribution in [1.82, 2.24) is 4.98 Å². The van der Waals surface area contributed by atoms with Gasteiger partial charge in [0.25, 0.3) is 0 Å². The molecule has 0 spiro atoms. The molecule has 0 bridgehead atoms. The third-order valence-electron chi connectivity index (χ3n) is 3.23. The summed E-state index contributed by atoms with van der Waals surface area (Å²) in [5, 5.41) is 2.69. The number of ether oxygens (including phenoxy) is 1. The molecule has 1 unspecified atom stereocenters.